The van der Waals surface area contributed by atoms with E-state index in [0.29, 0.717) is 0 Å². The van der Waals surface area contributed by atoms with Gasteiger partial charge in [0.2, 0.25) is 0 Å². The van der Waals surface area contributed by atoms with Gasteiger partial charge >= 0.3 is 0 Å². The minimum atomic E-state index is 1.37. The number of rotatable bonds is 0. The fourth-order valence-corrected chi connectivity index (χ4v) is 174. The van der Waals surface area contributed by atoms with Crippen molar-refractivity contribution in [2.45, 2.75) is 0 Å². The quantitative estimate of drug-likeness (QED) is 0.332. The van der Waals surface area contributed by atoms with Crippen molar-refractivity contribution in [3.8, 4) is 0 Å². The van der Waals surface area contributed by atoms with Crippen LogP contribution in [-0.4, -0.2) is 0 Å². The second kappa shape index (κ2) is 80.7. The highest BCUT2D eigenvalue weighted by Gasteiger charge is 1.47. The molecule has 0 aromatic heterocycles. The molecule has 0 aromatic rings. The van der Waals surface area contributed by atoms with Crippen LogP contribution in [0.3, 0.4) is 0 Å². The zero-order valence-corrected chi connectivity index (χ0v) is 82.1. The van der Waals surface area contributed by atoms with Crippen LogP contribution in [0.25, 0.3) is 0 Å². The van der Waals surface area contributed by atoms with Crippen molar-refractivity contribution in [2.24, 2.45) is 0 Å². The Bertz CT molecular complexity index is 4600. The summed E-state index contributed by atoms with van der Waals surface area (Å²) in [5.41, 5.74) is 0. The summed E-state index contributed by atoms with van der Waals surface area (Å²) in [5.74, 6) is 0. The van der Waals surface area contributed by atoms with Crippen LogP contribution in [-0.2, 0) is 600 Å². The molecule has 0 fully saturated rings. The van der Waals surface area contributed by atoms with Gasteiger partial charge in [-0.15, -0.1) is 0 Å². The fraction of sp³-hybridized carbons (Fsp3) is 0. The van der Waals surface area contributed by atoms with Crippen molar-refractivity contribution in [3.63, 3.8) is 0 Å². The summed E-state index contributed by atoms with van der Waals surface area (Å²) in [5, 5.41) is 0. The van der Waals surface area contributed by atoms with Crippen molar-refractivity contribution >= 4 is 600 Å². The smallest absolute Gasteiger partial charge is 0 e. The van der Waals surface area contributed by atoms with E-state index in [0.717, 1.165) is 0 Å². The zero-order valence-electron chi connectivity index (χ0n) is 27.4. The second-order valence-electron chi connectivity index (χ2n) is 4.42. The maximum Gasteiger partial charge on any atom is 0 e. The predicted molar refractivity (Wildman–Crippen MR) is 493 cm³/mol. The predicted octanol–water partition coefficient (Wildman–Crippen LogP) is -0.161. The van der Waals surface area contributed by atoms with E-state index in [1.54, 1.807) is 107 Å². The maximum atomic E-state index is 4.82. The molecule has 0 bridgehead atoms. The van der Waals surface area contributed by atoms with Gasteiger partial charge in [-0.25, -0.2) is 0 Å². The van der Waals surface area contributed by atoms with Crippen molar-refractivity contribution in [1.82, 2.24) is 0 Å². The van der Waals surface area contributed by atoms with E-state index in [-0.39, 0.29) is 0 Å². The topological polar surface area (TPSA) is 0 Å². The van der Waals surface area contributed by atoms with Crippen LogP contribution >= 0.6 is 0 Å². The highest BCUT2D eigenvalue weighted by atomic mass is 33.5. The monoisotopic (exact) mass is 2140 g/mol. The molecule has 0 aromatic carbocycles. The average molecular weight is 2150 g/mol. The highest BCUT2D eigenvalue weighted by molar-refractivity contribution is 8.84. The molecule has 0 saturated carbocycles. The van der Waals surface area contributed by atoms with Crippen LogP contribution in [0.2, 0.25) is 0 Å². The lowest BCUT2D eigenvalue weighted by atomic mass is 30.7. The molecule has 0 aliphatic heterocycles. The van der Waals surface area contributed by atoms with Gasteiger partial charge in [0.05, 0.1) is 0 Å². The summed E-state index contributed by atoms with van der Waals surface area (Å²) in [6.45, 7) is 0. The SMILES string of the molecule is S=S=S=S=S=S=S=S=S=S=S=S=S=S=S=S=S=S=S=S=S=S=S=S=S=S=S=S=S=S=S=S=S=S=S=S=S=S=S=S=S=S=S=S=S=S=S=S=S=S=S=S=S=S=S=S=S=S=S=S=S=S=S=S=S=S=S. The summed E-state index contributed by atoms with van der Waals surface area (Å²) in [6.07, 6.45) is 0. The van der Waals surface area contributed by atoms with Gasteiger partial charge in [-0.1, -0.05) is 0 Å². The molecule has 0 aliphatic carbocycles. The van der Waals surface area contributed by atoms with E-state index in [2.05, 4.69) is 0 Å². The Morgan fingerprint density at radius 3 is 0.164 bits per heavy atom. The van der Waals surface area contributed by atoms with Crippen molar-refractivity contribution in [1.29, 1.82) is 0 Å². The van der Waals surface area contributed by atoms with E-state index in [1.807, 2.05) is 453 Å². The molecule has 0 saturated heterocycles. The molecule has 0 atom stereocenters. The molecule has 0 radical (unpaired) electrons. The Morgan fingerprint density at radius 1 is 0.0746 bits per heavy atom. The van der Waals surface area contributed by atoms with Crippen molar-refractivity contribution < 1.29 is 0 Å². The Kier molecular flexibility index (Phi) is 98.5. The third kappa shape index (κ3) is 80.7. The van der Waals surface area contributed by atoms with Crippen LogP contribution in [0.15, 0.2) is 0 Å². The largest absolute Gasteiger partial charge is 0 e. The molecule has 67 heteroatoms. The first-order chi connectivity index (χ1) is 33.4. The molecule has 0 amide bonds. The number of hydrogen-bond donors (Lipinski definition) is 0. The zero-order chi connectivity index (χ0) is 48.0. The first-order valence-electron chi connectivity index (χ1n) is 11.0. The molecule has 0 heterocycles. The van der Waals surface area contributed by atoms with Crippen LogP contribution in [0.1, 0.15) is 0 Å². The normalized spacial score (nSPS) is 7.82. The Labute approximate surface area is 581 Å². The van der Waals surface area contributed by atoms with Crippen LogP contribution in [0.4, 0.5) is 0 Å². The van der Waals surface area contributed by atoms with E-state index in [4.69, 9.17) is 22.4 Å². The van der Waals surface area contributed by atoms with E-state index >= 15 is 0 Å². The van der Waals surface area contributed by atoms with E-state index < -0.39 is 0 Å². The maximum absolute atomic E-state index is 4.82. The summed E-state index contributed by atoms with van der Waals surface area (Å²) < 4.78 is 0. The van der Waals surface area contributed by atoms with Gasteiger partial charge in [0.1, 0.15) is 0 Å². The molecule has 0 unspecified atom stereocenters. The van der Waals surface area contributed by atoms with Crippen LogP contribution < -0.4 is 0 Å². The van der Waals surface area contributed by atoms with Crippen LogP contribution in [0, 0.1) is 0 Å². The lowest BCUT2D eigenvalue weighted by Gasteiger charge is -1.41. The van der Waals surface area contributed by atoms with Gasteiger partial charge in [-0.3, -0.25) is 0 Å². The molecule has 0 aliphatic rings. The lowest BCUT2D eigenvalue weighted by molar-refractivity contribution is 5.95. The molecule has 0 spiro atoms. The Balaban J connectivity index is 6.13. The Morgan fingerprint density at radius 2 is 0.119 bits per heavy atom. The van der Waals surface area contributed by atoms with Gasteiger partial charge < -0.3 is 0 Å². The molecule has 0 N–H and O–H groups in total. The molecule has 402 valence electrons. The summed E-state index contributed by atoms with van der Waals surface area (Å²) in [7, 11) is 117. The first kappa shape index (κ1) is 81.7. The molecule has 0 rings (SSSR count). The minimum Gasteiger partial charge on any atom is 0 e. The van der Waals surface area contributed by atoms with Gasteiger partial charge in [0.15, 0.2) is 0 Å². The van der Waals surface area contributed by atoms with E-state index in [9.17, 15) is 0 Å². The van der Waals surface area contributed by atoms with Gasteiger partial charge in [-0.2, -0.15) is 0 Å². The summed E-state index contributed by atoms with van der Waals surface area (Å²) in [4.78, 5) is 0. The standard InChI is InChI=1S/S67/c1-3-5-7-9-11-13-15-17-19-21-23-25-27-29-31-33-35-37-39-41-43-45-47-49-51-53-55-57-59-61-63-65-67-66-64-62-60-58-56-54-52-50-48-46-44-42-40-38-36-34-32-30-28-26-24-22-20-18-16-14-12-10-8-6-4-2. The molecular weight excluding hydrogens is 2150 g/mol. The van der Waals surface area contributed by atoms with E-state index in [1.165, 1.54) is 17.8 Å². The van der Waals surface area contributed by atoms with Crippen molar-refractivity contribution in [3.05, 3.63) is 0 Å². The fourth-order valence-electron chi connectivity index (χ4n) is 0.714. The lowest BCUT2D eigenvalue weighted by Crippen LogP contribution is -1.41. The van der Waals surface area contributed by atoms with Gasteiger partial charge in [0, 0.05) is 600 Å². The van der Waals surface area contributed by atoms with Gasteiger partial charge in [-0.05, 0) is 0 Å². The second-order valence-corrected chi connectivity index (χ2v) is 119. The van der Waals surface area contributed by atoms with Crippen LogP contribution in [0.5, 0.6) is 0 Å². The third-order valence-electron chi connectivity index (χ3n) is 1.78. The number of hydrogen-bond acceptors (Lipinski definition) is 2. The minimum absolute atomic E-state index is 1.37. The Hall–Kier alpha value is 14.7. The molecular formula is S67. The molecule has 0 nitrogen and oxygen atoms in total. The highest BCUT2D eigenvalue weighted by Crippen LogP contribution is 1.47. The summed E-state index contributed by atoms with van der Waals surface area (Å²) >= 11 is 9.64. The average Bonchev–Trinajstić information content (AvgIpc) is 3.34. The molecule has 67 heavy (non-hydrogen) atoms. The third-order valence-corrected chi connectivity index (χ3v) is 144. The van der Waals surface area contributed by atoms with Crippen molar-refractivity contribution in [2.75, 3.05) is 0 Å². The van der Waals surface area contributed by atoms with Gasteiger partial charge in [0.25, 0.3) is 0 Å². The first-order valence-corrected chi connectivity index (χ1v) is 99.0. The summed E-state index contributed by atoms with van der Waals surface area (Å²) in [6, 6.07) is 0.